The number of carbonyl (C=O) groups is 1. The number of hydrogen-bond donors (Lipinski definition) is 2. The standard InChI is InChI=1S/C22H20N4OS/c1-23-22(27)18-7-2-3-8-21(18)28-16-10-11-17-19(25-26-20(17)14-16)12-9-15-6-4-5-13-24-15/h2-8,10-11,13-14H,9,12H2,1H3,(H,23,27)(H,25,26). The third kappa shape index (κ3) is 3.92. The average Bonchev–Trinajstić information content (AvgIpc) is 3.15. The Hall–Kier alpha value is -3.12. The maximum absolute atomic E-state index is 12.1. The molecule has 0 bridgehead atoms. The molecule has 0 radical (unpaired) electrons. The van der Waals surface area contributed by atoms with Gasteiger partial charge in [0.25, 0.3) is 5.91 Å². The Balaban J connectivity index is 1.54. The lowest BCUT2D eigenvalue weighted by Crippen LogP contribution is -2.18. The van der Waals surface area contributed by atoms with Crippen LogP contribution < -0.4 is 5.32 Å². The molecule has 2 aromatic heterocycles. The maximum Gasteiger partial charge on any atom is 0.252 e. The smallest absolute Gasteiger partial charge is 0.252 e. The van der Waals surface area contributed by atoms with Gasteiger partial charge in [-0.1, -0.05) is 30.0 Å². The van der Waals surface area contributed by atoms with Crippen molar-refractivity contribution in [2.75, 3.05) is 7.05 Å². The van der Waals surface area contributed by atoms with E-state index in [0.717, 1.165) is 44.9 Å². The van der Waals surface area contributed by atoms with Crippen LogP contribution in [0.4, 0.5) is 0 Å². The van der Waals surface area contributed by atoms with Crippen molar-refractivity contribution in [1.82, 2.24) is 20.5 Å². The van der Waals surface area contributed by atoms with Crippen LogP contribution in [0, 0.1) is 0 Å². The van der Waals surface area contributed by atoms with E-state index in [1.807, 2.05) is 48.7 Å². The Morgan fingerprint density at radius 2 is 1.93 bits per heavy atom. The second-order valence-corrected chi connectivity index (χ2v) is 7.49. The second kappa shape index (κ2) is 8.27. The van der Waals surface area contributed by atoms with Gasteiger partial charge in [-0.15, -0.1) is 0 Å². The maximum atomic E-state index is 12.1. The Labute approximate surface area is 167 Å². The van der Waals surface area contributed by atoms with Gasteiger partial charge in [0.15, 0.2) is 0 Å². The van der Waals surface area contributed by atoms with Crippen molar-refractivity contribution in [2.24, 2.45) is 0 Å². The molecule has 0 atom stereocenters. The van der Waals surface area contributed by atoms with E-state index in [9.17, 15) is 4.79 Å². The van der Waals surface area contributed by atoms with E-state index in [-0.39, 0.29) is 5.91 Å². The van der Waals surface area contributed by atoms with Gasteiger partial charge in [0.05, 0.1) is 16.8 Å². The van der Waals surface area contributed by atoms with Crippen molar-refractivity contribution >= 4 is 28.6 Å². The van der Waals surface area contributed by atoms with Crippen molar-refractivity contribution in [3.63, 3.8) is 0 Å². The topological polar surface area (TPSA) is 70.7 Å². The van der Waals surface area contributed by atoms with Crippen LogP contribution in [0.3, 0.4) is 0 Å². The molecular formula is C22H20N4OS. The van der Waals surface area contributed by atoms with Gasteiger partial charge < -0.3 is 5.32 Å². The molecule has 2 aromatic carbocycles. The molecule has 0 aliphatic heterocycles. The minimum Gasteiger partial charge on any atom is -0.355 e. The highest BCUT2D eigenvalue weighted by Gasteiger charge is 2.12. The molecule has 0 aliphatic carbocycles. The van der Waals surface area contributed by atoms with Crippen LogP contribution in [0.2, 0.25) is 0 Å². The second-order valence-electron chi connectivity index (χ2n) is 6.38. The van der Waals surface area contributed by atoms with Crippen LogP contribution in [0.1, 0.15) is 21.7 Å². The number of rotatable bonds is 6. The first-order valence-electron chi connectivity index (χ1n) is 9.10. The van der Waals surface area contributed by atoms with Crippen LogP contribution in [-0.4, -0.2) is 28.1 Å². The number of aromatic nitrogens is 3. The molecule has 0 aliphatic rings. The molecule has 4 aromatic rings. The molecule has 0 spiro atoms. The van der Waals surface area contributed by atoms with Crippen LogP contribution in [0.25, 0.3) is 10.9 Å². The number of nitrogens with one attached hydrogen (secondary N) is 2. The van der Waals surface area contributed by atoms with E-state index in [2.05, 4.69) is 38.7 Å². The summed E-state index contributed by atoms with van der Waals surface area (Å²) in [6, 6.07) is 19.8. The molecule has 5 nitrogen and oxygen atoms in total. The highest BCUT2D eigenvalue weighted by molar-refractivity contribution is 7.99. The highest BCUT2D eigenvalue weighted by atomic mass is 32.2. The van der Waals surface area contributed by atoms with Gasteiger partial charge in [-0.05, 0) is 55.3 Å². The van der Waals surface area contributed by atoms with Gasteiger partial charge in [0.2, 0.25) is 0 Å². The summed E-state index contributed by atoms with van der Waals surface area (Å²) in [5.74, 6) is -0.0810. The molecule has 0 fully saturated rings. The fraction of sp³-hybridized carbons (Fsp3) is 0.136. The number of fused-ring (bicyclic) bond motifs is 1. The van der Waals surface area contributed by atoms with E-state index < -0.39 is 0 Å². The first-order chi connectivity index (χ1) is 13.7. The summed E-state index contributed by atoms with van der Waals surface area (Å²) in [6.45, 7) is 0. The Bertz CT molecular complexity index is 1110. The quantitative estimate of drug-likeness (QED) is 0.518. The first kappa shape index (κ1) is 18.3. The van der Waals surface area contributed by atoms with Gasteiger partial charge in [0.1, 0.15) is 0 Å². The van der Waals surface area contributed by atoms with E-state index >= 15 is 0 Å². The third-order valence-corrected chi connectivity index (χ3v) is 5.61. The number of nitrogens with zero attached hydrogens (tertiary/aromatic N) is 2. The minimum absolute atomic E-state index is 0.0810. The highest BCUT2D eigenvalue weighted by Crippen LogP contribution is 2.32. The number of aromatic amines is 1. The lowest BCUT2D eigenvalue weighted by atomic mass is 10.1. The zero-order valence-electron chi connectivity index (χ0n) is 15.5. The van der Waals surface area contributed by atoms with Gasteiger partial charge in [-0.25, -0.2) is 0 Å². The largest absolute Gasteiger partial charge is 0.355 e. The molecule has 2 N–H and O–H groups in total. The lowest BCUT2D eigenvalue weighted by molar-refractivity contribution is 0.0960. The Morgan fingerprint density at radius 3 is 2.75 bits per heavy atom. The molecule has 1 amide bonds. The number of carbonyl (C=O) groups excluding carboxylic acids is 1. The van der Waals surface area contributed by atoms with Crippen LogP contribution in [0.5, 0.6) is 0 Å². The molecule has 0 saturated heterocycles. The fourth-order valence-corrected chi connectivity index (χ4v) is 4.09. The summed E-state index contributed by atoms with van der Waals surface area (Å²) in [5.41, 5.74) is 3.79. The normalized spacial score (nSPS) is 10.9. The monoisotopic (exact) mass is 388 g/mol. The fourth-order valence-electron chi connectivity index (χ4n) is 3.11. The Morgan fingerprint density at radius 1 is 1.07 bits per heavy atom. The summed E-state index contributed by atoms with van der Waals surface area (Å²) in [4.78, 5) is 18.4. The molecular weight excluding hydrogens is 368 g/mol. The van der Waals surface area contributed by atoms with Crippen molar-refractivity contribution < 1.29 is 4.79 Å². The summed E-state index contributed by atoms with van der Waals surface area (Å²) in [7, 11) is 1.65. The summed E-state index contributed by atoms with van der Waals surface area (Å²) in [5, 5.41) is 11.4. The minimum atomic E-state index is -0.0810. The zero-order valence-corrected chi connectivity index (χ0v) is 16.3. The first-order valence-corrected chi connectivity index (χ1v) is 9.92. The van der Waals surface area contributed by atoms with Gasteiger partial charge in [-0.3, -0.25) is 14.9 Å². The summed E-state index contributed by atoms with van der Waals surface area (Å²) >= 11 is 1.57. The van der Waals surface area contributed by atoms with Crippen molar-refractivity contribution in [3.8, 4) is 0 Å². The van der Waals surface area contributed by atoms with Crippen LogP contribution in [-0.2, 0) is 12.8 Å². The molecule has 0 saturated carbocycles. The number of amides is 1. The van der Waals surface area contributed by atoms with Gasteiger partial charge in [0, 0.05) is 34.1 Å². The number of H-pyrrole nitrogens is 1. The summed E-state index contributed by atoms with van der Waals surface area (Å²) in [6.07, 6.45) is 3.51. The number of aryl methyl sites for hydroxylation is 2. The van der Waals surface area contributed by atoms with E-state index in [4.69, 9.17) is 0 Å². The Kier molecular flexibility index (Phi) is 5.39. The van der Waals surface area contributed by atoms with Crippen molar-refractivity contribution in [2.45, 2.75) is 22.6 Å². The molecule has 2 heterocycles. The SMILES string of the molecule is CNC(=O)c1ccccc1Sc1ccc2c(CCc3ccccn3)n[nH]c2c1. The van der Waals surface area contributed by atoms with E-state index in [1.54, 1.807) is 18.8 Å². The molecule has 140 valence electrons. The van der Waals surface area contributed by atoms with Crippen LogP contribution >= 0.6 is 11.8 Å². The zero-order chi connectivity index (χ0) is 19.3. The number of benzene rings is 2. The van der Waals surface area contributed by atoms with E-state index in [0.29, 0.717) is 5.56 Å². The van der Waals surface area contributed by atoms with Crippen molar-refractivity contribution in [1.29, 1.82) is 0 Å². The molecule has 6 heteroatoms. The average molecular weight is 388 g/mol. The van der Waals surface area contributed by atoms with Gasteiger partial charge in [-0.2, -0.15) is 5.10 Å². The van der Waals surface area contributed by atoms with Crippen LogP contribution in [0.15, 0.2) is 76.7 Å². The molecule has 0 unspecified atom stereocenters. The number of hydrogen-bond acceptors (Lipinski definition) is 4. The van der Waals surface area contributed by atoms with Gasteiger partial charge >= 0.3 is 0 Å². The lowest BCUT2D eigenvalue weighted by Gasteiger charge is -2.08. The van der Waals surface area contributed by atoms with Crippen molar-refractivity contribution in [3.05, 3.63) is 83.8 Å². The molecule has 28 heavy (non-hydrogen) atoms. The summed E-state index contributed by atoms with van der Waals surface area (Å²) < 4.78 is 0. The predicted molar refractivity (Wildman–Crippen MR) is 112 cm³/mol. The van der Waals surface area contributed by atoms with E-state index in [1.165, 1.54) is 0 Å². The third-order valence-electron chi connectivity index (χ3n) is 4.54. The number of pyridine rings is 1. The molecule has 4 rings (SSSR count). The predicted octanol–water partition coefficient (Wildman–Crippen LogP) is 4.25.